The SMILES string of the molecule is O=C(NCc1nnc2ccccn12)C1CC2CCCCC2N1. The van der Waals surface area contributed by atoms with Crippen molar-refractivity contribution in [1.82, 2.24) is 25.2 Å². The maximum absolute atomic E-state index is 12.4. The fourth-order valence-corrected chi connectivity index (χ4v) is 3.82. The highest BCUT2D eigenvalue weighted by Crippen LogP contribution is 2.33. The van der Waals surface area contributed by atoms with Crippen LogP contribution in [0, 0.1) is 5.92 Å². The number of hydrogen-bond donors (Lipinski definition) is 2. The third kappa shape index (κ3) is 2.47. The maximum Gasteiger partial charge on any atom is 0.237 e. The molecule has 2 aromatic rings. The fraction of sp³-hybridized carbons (Fsp3) is 0.562. The number of carbonyl (C=O) groups excluding carboxylic acids is 1. The van der Waals surface area contributed by atoms with Crippen molar-refractivity contribution in [2.24, 2.45) is 5.92 Å². The summed E-state index contributed by atoms with van der Waals surface area (Å²) in [4.78, 5) is 12.4. The Morgan fingerprint density at radius 1 is 1.32 bits per heavy atom. The largest absolute Gasteiger partial charge is 0.347 e. The average molecular weight is 299 g/mol. The number of rotatable bonds is 3. The lowest BCUT2D eigenvalue weighted by atomic mass is 9.85. The molecular weight excluding hydrogens is 278 g/mol. The Balaban J connectivity index is 1.38. The molecular formula is C16H21N5O. The Bertz CT molecular complexity index is 668. The zero-order chi connectivity index (χ0) is 14.9. The van der Waals surface area contributed by atoms with Gasteiger partial charge in [0.2, 0.25) is 5.91 Å². The minimum Gasteiger partial charge on any atom is -0.347 e. The maximum atomic E-state index is 12.4. The molecule has 116 valence electrons. The van der Waals surface area contributed by atoms with Gasteiger partial charge in [-0.05, 0) is 37.3 Å². The number of fused-ring (bicyclic) bond motifs is 2. The summed E-state index contributed by atoms with van der Waals surface area (Å²) < 4.78 is 1.90. The first-order valence-electron chi connectivity index (χ1n) is 8.13. The van der Waals surface area contributed by atoms with Gasteiger partial charge in [0.05, 0.1) is 12.6 Å². The number of carbonyl (C=O) groups is 1. The lowest BCUT2D eigenvalue weighted by Crippen LogP contribution is -2.43. The highest BCUT2D eigenvalue weighted by Gasteiger charge is 2.38. The van der Waals surface area contributed by atoms with Crippen molar-refractivity contribution in [3.63, 3.8) is 0 Å². The van der Waals surface area contributed by atoms with Crippen molar-refractivity contribution in [3.05, 3.63) is 30.2 Å². The van der Waals surface area contributed by atoms with Gasteiger partial charge in [0, 0.05) is 12.2 Å². The molecule has 1 aliphatic heterocycles. The minimum absolute atomic E-state index is 0.0488. The quantitative estimate of drug-likeness (QED) is 0.895. The topological polar surface area (TPSA) is 71.3 Å². The summed E-state index contributed by atoms with van der Waals surface area (Å²) in [6.45, 7) is 0.414. The predicted molar refractivity (Wildman–Crippen MR) is 82.1 cm³/mol. The van der Waals surface area contributed by atoms with Gasteiger partial charge in [-0.15, -0.1) is 10.2 Å². The molecule has 0 aromatic carbocycles. The van der Waals surface area contributed by atoms with Crippen LogP contribution in [0.1, 0.15) is 37.9 Å². The van der Waals surface area contributed by atoms with Crippen LogP contribution in [0.15, 0.2) is 24.4 Å². The first-order valence-corrected chi connectivity index (χ1v) is 8.13. The Morgan fingerprint density at radius 2 is 2.23 bits per heavy atom. The number of amides is 1. The van der Waals surface area contributed by atoms with Crippen LogP contribution in [0.2, 0.25) is 0 Å². The van der Waals surface area contributed by atoms with E-state index in [4.69, 9.17) is 0 Å². The normalized spacial score (nSPS) is 27.7. The van der Waals surface area contributed by atoms with E-state index in [1.807, 2.05) is 28.8 Å². The molecule has 1 aliphatic carbocycles. The molecule has 3 unspecified atom stereocenters. The molecule has 3 heterocycles. The molecule has 0 radical (unpaired) electrons. The summed E-state index contributed by atoms with van der Waals surface area (Å²) in [5.74, 6) is 1.53. The van der Waals surface area contributed by atoms with Gasteiger partial charge in [-0.3, -0.25) is 9.20 Å². The van der Waals surface area contributed by atoms with Crippen molar-refractivity contribution >= 4 is 11.6 Å². The summed E-state index contributed by atoms with van der Waals surface area (Å²) in [6, 6.07) is 6.26. The van der Waals surface area contributed by atoms with E-state index in [0.717, 1.165) is 17.9 Å². The van der Waals surface area contributed by atoms with Gasteiger partial charge in [0.1, 0.15) is 0 Å². The number of nitrogens with one attached hydrogen (secondary N) is 2. The second-order valence-electron chi connectivity index (χ2n) is 6.37. The second kappa shape index (κ2) is 5.68. The predicted octanol–water partition coefficient (Wildman–Crippen LogP) is 1.27. The molecule has 2 fully saturated rings. The summed E-state index contributed by atoms with van der Waals surface area (Å²) in [5, 5.41) is 14.8. The first kappa shape index (κ1) is 13.7. The first-order chi connectivity index (χ1) is 10.8. The van der Waals surface area contributed by atoms with Gasteiger partial charge < -0.3 is 10.6 Å². The van der Waals surface area contributed by atoms with E-state index in [0.29, 0.717) is 18.5 Å². The van der Waals surface area contributed by atoms with Crippen LogP contribution in [0.5, 0.6) is 0 Å². The summed E-state index contributed by atoms with van der Waals surface area (Å²) in [6.07, 6.45) is 7.95. The van der Waals surface area contributed by atoms with Crippen molar-refractivity contribution in [2.75, 3.05) is 0 Å². The Kier molecular flexibility index (Phi) is 3.54. The Labute approximate surface area is 129 Å². The smallest absolute Gasteiger partial charge is 0.237 e. The molecule has 3 atom stereocenters. The van der Waals surface area contributed by atoms with E-state index in [1.54, 1.807) is 0 Å². The van der Waals surface area contributed by atoms with Crippen molar-refractivity contribution in [1.29, 1.82) is 0 Å². The molecule has 0 bridgehead atoms. The van der Waals surface area contributed by atoms with E-state index in [9.17, 15) is 4.79 Å². The monoisotopic (exact) mass is 299 g/mol. The van der Waals surface area contributed by atoms with E-state index in [1.165, 1.54) is 25.7 Å². The third-order valence-electron chi connectivity index (χ3n) is 4.98. The molecule has 0 spiro atoms. The fourth-order valence-electron chi connectivity index (χ4n) is 3.82. The van der Waals surface area contributed by atoms with Crippen LogP contribution in [0.4, 0.5) is 0 Å². The van der Waals surface area contributed by atoms with Crippen molar-refractivity contribution in [2.45, 2.75) is 50.7 Å². The van der Waals surface area contributed by atoms with Crippen LogP contribution in [0.25, 0.3) is 5.65 Å². The molecule has 4 rings (SSSR count). The van der Waals surface area contributed by atoms with Crippen LogP contribution >= 0.6 is 0 Å². The summed E-state index contributed by atoms with van der Waals surface area (Å²) in [5.41, 5.74) is 0.803. The minimum atomic E-state index is -0.0488. The van der Waals surface area contributed by atoms with Gasteiger partial charge in [0.15, 0.2) is 11.5 Å². The van der Waals surface area contributed by atoms with Crippen LogP contribution < -0.4 is 10.6 Å². The molecule has 2 aliphatic rings. The lowest BCUT2D eigenvalue weighted by molar-refractivity contribution is -0.123. The highest BCUT2D eigenvalue weighted by atomic mass is 16.2. The van der Waals surface area contributed by atoms with E-state index in [2.05, 4.69) is 20.8 Å². The van der Waals surface area contributed by atoms with E-state index >= 15 is 0 Å². The number of aromatic nitrogens is 3. The van der Waals surface area contributed by atoms with Crippen LogP contribution in [-0.4, -0.2) is 32.6 Å². The molecule has 6 nitrogen and oxygen atoms in total. The van der Waals surface area contributed by atoms with Gasteiger partial charge in [-0.25, -0.2) is 0 Å². The second-order valence-corrected chi connectivity index (χ2v) is 6.37. The van der Waals surface area contributed by atoms with E-state index < -0.39 is 0 Å². The zero-order valence-electron chi connectivity index (χ0n) is 12.5. The highest BCUT2D eigenvalue weighted by molar-refractivity contribution is 5.82. The molecule has 1 saturated carbocycles. The zero-order valence-corrected chi connectivity index (χ0v) is 12.5. The van der Waals surface area contributed by atoms with Gasteiger partial charge >= 0.3 is 0 Å². The average Bonchev–Trinajstić information content (AvgIpc) is 3.16. The van der Waals surface area contributed by atoms with E-state index in [-0.39, 0.29) is 11.9 Å². The standard InChI is InChI=1S/C16H21N5O/c22-16(13-9-11-5-1-2-6-12(11)18-13)17-10-15-20-19-14-7-3-4-8-21(14)15/h3-4,7-8,11-13,18H,1-2,5-6,9-10H2,(H,17,22). The third-order valence-corrected chi connectivity index (χ3v) is 4.98. The number of hydrogen-bond acceptors (Lipinski definition) is 4. The van der Waals surface area contributed by atoms with Crippen LogP contribution in [0.3, 0.4) is 0 Å². The molecule has 1 saturated heterocycles. The summed E-state index contributed by atoms with van der Waals surface area (Å²) >= 11 is 0. The Hall–Kier alpha value is -1.95. The molecule has 2 N–H and O–H groups in total. The molecule has 2 aromatic heterocycles. The summed E-state index contributed by atoms with van der Waals surface area (Å²) in [7, 11) is 0. The van der Waals surface area contributed by atoms with Gasteiger partial charge in [-0.1, -0.05) is 18.9 Å². The van der Waals surface area contributed by atoms with Gasteiger partial charge in [0.25, 0.3) is 0 Å². The van der Waals surface area contributed by atoms with Crippen molar-refractivity contribution < 1.29 is 4.79 Å². The van der Waals surface area contributed by atoms with Gasteiger partial charge in [-0.2, -0.15) is 0 Å². The molecule has 6 heteroatoms. The molecule has 1 amide bonds. The lowest BCUT2D eigenvalue weighted by Gasteiger charge is -2.24. The number of nitrogens with zero attached hydrogens (tertiary/aromatic N) is 3. The Morgan fingerprint density at radius 3 is 3.14 bits per heavy atom. The molecule has 22 heavy (non-hydrogen) atoms. The number of pyridine rings is 1. The van der Waals surface area contributed by atoms with Crippen LogP contribution in [-0.2, 0) is 11.3 Å². The van der Waals surface area contributed by atoms with Crippen molar-refractivity contribution in [3.8, 4) is 0 Å².